The fourth-order valence-corrected chi connectivity index (χ4v) is 2.80. The SMILES string of the molecule is CCC(C(N)c1ccccc1)N(C)Cc1cccc(C)n1. The lowest BCUT2D eigenvalue weighted by Crippen LogP contribution is -2.39. The summed E-state index contributed by atoms with van der Waals surface area (Å²) in [7, 11) is 2.13. The first-order valence-corrected chi connectivity index (χ1v) is 7.55. The van der Waals surface area contributed by atoms with E-state index < -0.39 is 0 Å². The normalized spacial score (nSPS) is 14.1. The van der Waals surface area contributed by atoms with Crippen LogP contribution in [-0.2, 0) is 6.54 Å². The van der Waals surface area contributed by atoms with Gasteiger partial charge in [0.15, 0.2) is 0 Å². The smallest absolute Gasteiger partial charge is 0.0547 e. The Morgan fingerprint density at radius 1 is 1.10 bits per heavy atom. The molecule has 0 aliphatic rings. The van der Waals surface area contributed by atoms with Gasteiger partial charge in [-0.05, 0) is 38.1 Å². The van der Waals surface area contributed by atoms with Crippen molar-refractivity contribution in [2.24, 2.45) is 5.73 Å². The maximum absolute atomic E-state index is 6.47. The van der Waals surface area contributed by atoms with Gasteiger partial charge in [0.25, 0.3) is 0 Å². The fraction of sp³-hybridized carbons (Fsp3) is 0.389. The van der Waals surface area contributed by atoms with Crippen molar-refractivity contribution in [2.75, 3.05) is 7.05 Å². The molecule has 21 heavy (non-hydrogen) atoms. The number of aromatic nitrogens is 1. The van der Waals surface area contributed by atoms with E-state index in [1.807, 2.05) is 31.2 Å². The van der Waals surface area contributed by atoms with Crippen molar-refractivity contribution in [2.45, 2.75) is 38.9 Å². The van der Waals surface area contributed by atoms with E-state index >= 15 is 0 Å². The van der Waals surface area contributed by atoms with Crippen molar-refractivity contribution in [1.82, 2.24) is 9.88 Å². The summed E-state index contributed by atoms with van der Waals surface area (Å²) < 4.78 is 0. The Labute approximate surface area is 127 Å². The highest BCUT2D eigenvalue weighted by molar-refractivity contribution is 5.20. The van der Waals surface area contributed by atoms with Crippen LogP contribution in [-0.4, -0.2) is 23.0 Å². The molecule has 1 heterocycles. The van der Waals surface area contributed by atoms with Gasteiger partial charge in [0, 0.05) is 24.3 Å². The minimum absolute atomic E-state index is 0.0195. The second kappa shape index (κ2) is 7.34. The van der Waals surface area contributed by atoms with Gasteiger partial charge in [0.1, 0.15) is 0 Å². The van der Waals surface area contributed by atoms with Gasteiger partial charge in [0.05, 0.1) is 5.69 Å². The molecule has 0 amide bonds. The van der Waals surface area contributed by atoms with Gasteiger partial charge in [-0.2, -0.15) is 0 Å². The minimum Gasteiger partial charge on any atom is -0.323 e. The molecular weight excluding hydrogens is 258 g/mol. The summed E-state index contributed by atoms with van der Waals surface area (Å²) >= 11 is 0. The summed E-state index contributed by atoms with van der Waals surface area (Å²) in [6, 6.07) is 16.8. The van der Waals surface area contributed by atoms with Crippen LogP contribution in [0.3, 0.4) is 0 Å². The largest absolute Gasteiger partial charge is 0.323 e. The zero-order valence-electron chi connectivity index (χ0n) is 13.2. The number of benzene rings is 1. The standard InChI is InChI=1S/C18H25N3/c1-4-17(18(19)15-10-6-5-7-11-15)21(3)13-16-12-8-9-14(2)20-16/h5-12,17-18H,4,13,19H2,1-3H3. The quantitative estimate of drug-likeness (QED) is 0.884. The molecule has 0 aliphatic carbocycles. The van der Waals surface area contributed by atoms with Crippen LogP contribution in [0.2, 0.25) is 0 Å². The van der Waals surface area contributed by atoms with Crippen LogP contribution in [0.5, 0.6) is 0 Å². The highest BCUT2D eigenvalue weighted by atomic mass is 15.2. The average Bonchev–Trinajstić information content (AvgIpc) is 2.48. The van der Waals surface area contributed by atoms with E-state index in [1.165, 1.54) is 5.56 Å². The van der Waals surface area contributed by atoms with E-state index in [-0.39, 0.29) is 6.04 Å². The Balaban J connectivity index is 2.09. The molecule has 2 unspecified atom stereocenters. The van der Waals surface area contributed by atoms with E-state index in [1.54, 1.807) is 0 Å². The van der Waals surface area contributed by atoms with Crippen molar-refractivity contribution >= 4 is 0 Å². The van der Waals surface area contributed by atoms with Crippen molar-refractivity contribution in [1.29, 1.82) is 0 Å². The van der Waals surface area contributed by atoms with Gasteiger partial charge >= 0.3 is 0 Å². The second-order valence-electron chi connectivity index (χ2n) is 5.60. The number of aryl methyl sites for hydroxylation is 1. The molecule has 2 N–H and O–H groups in total. The van der Waals surface area contributed by atoms with Crippen molar-refractivity contribution in [3.8, 4) is 0 Å². The first kappa shape index (κ1) is 15.7. The molecule has 3 heteroatoms. The molecular formula is C18H25N3. The van der Waals surface area contributed by atoms with Crippen molar-refractivity contribution in [3.05, 3.63) is 65.5 Å². The topological polar surface area (TPSA) is 42.1 Å². The molecule has 0 bridgehead atoms. The molecule has 0 fully saturated rings. The van der Waals surface area contributed by atoms with Crippen molar-refractivity contribution < 1.29 is 0 Å². The van der Waals surface area contributed by atoms with Gasteiger partial charge in [-0.3, -0.25) is 9.88 Å². The monoisotopic (exact) mass is 283 g/mol. The lowest BCUT2D eigenvalue weighted by Gasteiger charge is -2.32. The van der Waals surface area contributed by atoms with Gasteiger partial charge in [-0.15, -0.1) is 0 Å². The Morgan fingerprint density at radius 3 is 2.43 bits per heavy atom. The van der Waals surface area contributed by atoms with Crippen LogP contribution >= 0.6 is 0 Å². The molecule has 0 radical (unpaired) electrons. The van der Waals surface area contributed by atoms with E-state index in [0.29, 0.717) is 6.04 Å². The molecule has 1 aromatic carbocycles. The Kier molecular flexibility index (Phi) is 5.48. The average molecular weight is 283 g/mol. The zero-order chi connectivity index (χ0) is 15.2. The first-order valence-electron chi connectivity index (χ1n) is 7.55. The van der Waals surface area contributed by atoms with E-state index in [2.05, 4.69) is 48.1 Å². The lowest BCUT2D eigenvalue weighted by atomic mass is 9.97. The van der Waals surface area contributed by atoms with Crippen LogP contribution in [0, 0.1) is 6.92 Å². The van der Waals surface area contributed by atoms with Crippen LogP contribution < -0.4 is 5.73 Å². The molecule has 0 saturated heterocycles. The highest BCUT2D eigenvalue weighted by Crippen LogP contribution is 2.21. The van der Waals surface area contributed by atoms with Crippen LogP contribution in [0.15, 0.2) is 48.5 Å². The highest BCUT2D eigenvalue weighted by Gasteiger charge is 2.22. The van der Waals surface area contributed by atoms with Gasteiger partial charge in [-0.25, -0.2) is 0 Å². The Bertz CT molecular complexity index is 553. The van der Waals surface area contributed by atoms with Crippen molar-refractivity contribution in [3.63, 3.8) is 0 Å². The summed E-state index contributed by atoms with van der Waals surface area (Å²) in [5.41, 5.74) is 9.81. The number of nitrogens with zero attached hydrogens (tertiary/aromatic N) is 2. The Morgan fingerprint density at radius 2 is 1.81 bits per heavy atom. The summed E-state index contributed by atoms with van der Waals surface area (Å²) in [5.74, 6) is 0. The summed E-state index contributed by atoms with van der Waals surface area (Å²) in [6.45, 7) is 5.03. The third-order valence-electron chi connectivity index (χ3n) is 3.94. The van der Waals surface area contributed by atoms with E-state index in [4.69, 9.17) is 5.73 Å². The molecule has 0 spiro atoms. The molecule has 2 atom stereocenters. The van der Waals surface area contributed by atoms with Gasteiger partial charge < -0.3 is 5.73 Å². The van der Waals surface area contributed by atoms with Crippen LogP contribution in [0.25, 0.3) is 0 Å². The number of likely N-dealkylation sites (N-methyl/N-ethyl adjacent to an activating group) is 1. The molecule has 0 aliphatic heterocycles. The molecule has 1 aromatic heterocycles. The Hall–Kier alpha value is -1.71. The molecule has 3 nitrogen and oxygen atoms in total. The predicted molar refractivity (Wildman–Crippen MR) is 87.9 cm³/mol. The molecule has 2 aromatic rings. The second-order valence-corrected chi connectivity index (χ2v) is 5.60. The fourth-order valence-electron chi connectivity index (χ4n) is 2.80. The molecule has 2 rings (SSSR count). The molecule has 0 saturated carbocycles. The maximum atomic E-state index is 6.47. The number of pyridine rings is 1. The lowest BCUT2D eigenvalue weighted by molar-refractivity contribution is 0.195. The van der Waals surface area contributed by atoms with E-state index in [9.17, 15) is 0 Å². The maximum Gasteiger partial charge on any atom is 0.0547 e. The summed E-state index contributed by atoms with van der Waals surface area (Å²) in [4.78, 5) is 6.88. The van der Waals surface area contributed by atoms with Crippen LogP contribution in [0.1, 0.15) is 36.3 Å². The summed E-state index contributed by atoms with van der Waals surface area (Å²) in [6.07, 6.45) is 1.01. The number of hydrogen-bond donors (Lipinski definition) is 1. The van der Waals surface area contributed by atoms with Gasteiger partial charge in [-0.1, -0.05) is 43.3 Å². The number of hydrogen-bond acceptors (Lipinski definition) is 3. The molecule has 112 valence electrons. The number of nitrogens with two attached hydrogens (primary N) is 1. The predicted octanol–water partition coefficient (Wildman–Crippen LogP) is 3.30. The summed E-state index contributed by atoms with van der Waals surface area (Å²) in [5, 5.41) is 0. The first-order chi connectivity index (χ1) is 10.1. The van der Waals surface area contributed by atoms with Crippen LogP contribution in [0.4, 0.5) is 0 Å². The minimum atomic E-state index is 0.0195. The van der Waals surface area contributed by atoms with E-state index in [0.717, 1.165) is 24.4 Å². The van der Waals surface area contributed by atoms with Gasteiger partial charge in [0.2, 0.25) is 0 Å². The zero-order valence-corrected chi connectivity index (χ0v) is 13.2. The third-order valence-corrected chi connectivity index (χ3v) is 3.94. The third kappa shape index (κ3) is 4.13. The number of rotatable bonds is 6.